The minimum Gasteiger partial charge on any atom is -0.308 e. The first-order valence-corrected chi connectivity index (χ1v) is 6.48. The molecule has 0 saturated carbocycles. The van der Waals surface area contributed by atoms with E-state index in [1.807, 2.05) is 0 Å². The molecule has 1 aromatic carbocycles. The summed E-state index contributed by atoms with van der Waals surface area (Å²) in [6.45, 7) is 5.14. The molecule has 2 rings (SSSR count). The van der Waals surface area contributed by atoms with Crippen LogP contribution in [0.25, 0.3) is 0 Å². The van der Waals surface area contributed by atoms with Crippen LogP contribution in [0.5, 0.6) is 0 Å². The van der Waals surface area contributed by atoms with E-state index in [9.17, 15) is 4.39 Å². The van der Waals surface area contributed by atoms with Crippen LogP contribution in [0.1, 0.15) is 25.2 Å². The van der Waals surface area contributed by atoms with E-state index in [4.69, 9.17) is 11.6 Å². The highest BCUT2D eigenvalue weighted by Crippen LogP contribution is 2.20. The van der Waals surface area contributed by atoms with Gasteiger partial charge in [-0.05, 0) is 11.6 Å². The first-order chi connectivity index (χ1) is 9.08. The summed E-state index contributed by atoms with van der Waals surface area (Å²) in [5.41, 5.74) is 0.693. The molecule has 0 amide bonds. The van der Waals surface area contributed by atoms with E-state index in [0.717, 1.165) is 5.82 Å². The van der Waals surface area contributed by atoms with Crippen LogP contribution in [0, 0.1) is 5.82 Å². The molecule has 4 nitrogen and oxygen atoms in total. The Morgan fingerprint density at radius 3 is 2.95 bits per heavy atom. The number of hydrogen-bond acceptors (Lipinski definition) is 3. The molecule has 0 spiro atoms. The first-order valence-electron chi connectivity index (χ1n) is 6.11. The maximum Gasteiger partial charge on any atom is 0.142 e. The Bertz CT molecular complexity index is 553. The average molecular weight is 283 g/mol. The molecule has 1 aromatic heterocycles. The summed E-state index contributed by atoms with van der Waals surface area (Å²) in [5, 5.41) is 7.55. The van der Waals surface area contributed by atoms with Crippen LogP contribution in [-0.4, -0.2) is 20.8 Å². The second-order valence-electron chi connectivity index (χ2n) is 4.58. The van der Waals surface area contributed by atoms with Crippen molar-refractivity contribution >= 4 is 11.6 Å². The molecule has 0 bridgehead atoms. The van der Waals surface area contributed by atoms with Crippen LogP contribution in [-0.2, 0) is 13.1 Å². The number of benzene rings is 1. The van der Waals surface area contributed by atoms with Crippen molar-refractivity contribution in [1.82, 2.24) is 20.1 Å². The quantitative estimate of drug-likeness (QED) is 0.917. The largest absolute Gasteiger partial charge is 0.308 e. The van der Waals surface area contributed by atoms with E-state index in [2.05, 4.69) is 29.2 Å². The maximum atomic E-state index is 13.4. The molecule has 0 aliphatic carbocycles. The summed E-state index contributed by atoms with van der Waals surface area (Å²) >= 11 is 5.94. The molecular formula is C13H16ClFN4. The molecule has 102 valence electrons. The Morgan fingerprint density at radius 2 is 2.21 bits per heavy atom. The van der Waals surface area contributed by atoms with Gasteiger partial charge < -0.3 is 5.32 Å². The standard InChI is InChI=1S/C13H16ClFN4/c1-9(2)16-6-12-17-8-18-19(12)7-10-4-3-5-11(15)13(10)14/h3-5,8-9,16H,6-7H2,1-2H3. The second kappa shape index (κ2) is 6.12. The zero-order valence-electron chi connectivity index (χ0n) is 10.9. The Morgan fingerprint density at radius 1 is 1.42 bits per heavy atom. The Balaban J connectivity index is 2.15. The summed E-state index contributed by atoms with van der Waals surface area (Å²) < 4.78 is 15.1. The van der Waals surface area contributed by atoms with Crippen molar-refractivity contribution in [1.29, 1.82) is 0 Å². The van der Waals surface area contributed by atoms with Crippen molar-refractivity contribution in [2.45, 2.75) is 33.0 Å². The van der Waals surface area contributed by atoms with Gasteiger partial charge in [0.15, 0.2) is 0 Å². The topological polar surface area (TPSA) is 42.7 Å². The molecule has 0 unspecified atom stereocenters. The molecule has 0 saturated heterocycles. The van der Waals surface area contributed by atoms with Crippen molar-refractivity contribution in [2.75, 3.05) is 0 Å². The SMILES string of the molecule is CC(C)NCc1ncnn1Cc1cccc(F)c1Cl. The molecule has 6 heteroatoms. The van der Waals surface area contributed by atoms with Gasteiger partial charge in [0.1, 0.15) is 18.0 Å². The zero-order chi connectivity index (χ0) is 13.8. The molecule has 19 heavy (non-hydrogen) atoms. The lowest BCUT2D eigenvalue weighted by molar-refractivity contribution is 0.538. The number of nitrogens with one attached hydrogen (secondary N) is 1. The van der Waals surface area contributed by atoms with E-state index in [-0.39, 0.29) is 5.02 Å². The van der Waals surface area contributed by atoms with E-state index in [0.29, 0.717) is 24.7 Å². The van der Waals surface area contributed by atoms with Gasteiger partial charge in [-0.2, -0.15) is 5.10 Å². The molecule has 0 radical (unpaired) electrons. The number of hydrogen-bond donors (Lipinski definition) is 1. The third-order valence-corrected chi connectivity index (χ3v) is 3.14. The van der Waals surface area contributed by atoms with Crippen molar-refractivity contribution < 1.29 is 4.39 Å². The Kier molecular flexibility index (Phi) is 4.50. The molecule has 1 heterocycles. The normalized spacial score (nSPS) is 11.2. The zero-order valence-corrected chi connectivity index (χ0v) is 11.7. The highest BCUT2D eigenvalue weighted by molar-refractivity contribution is 6.31. The van der Waals surface area contributed by atoms with Crippen LogP contribution in [0.4, 0.5) is 4.39 Å². The fraction of sp³-hybridized carbons (Fsp3) is 0.385. The lowest BCUT2D eigenvalue weighted by Gasteiger charge is -2.10. The summed E-state index contributed by atoms with van der Waals surface area (Å²) in [4.78, 5) is 4.19. The number of halogens is 2. The van der Waals surface area contributed by atoms with Crippen molar-refractivity contribution in [3.05, 3.63) is 46.8 Å². The molecule has 0 fully saturated rings. The summed E-state index contributed by atoms with van der Waals surface area (Å²) in [6, 6.07) is 5.13. The summed E-state index contributed by atoms with van der Waals surface area (Å²) in [7, 11) is 0. The number of nitrogens with zero attached hydrogens (tertiary/aromatic N) is 3. The van der Waals surface area contributed by atoms with Gasteiger partial charge in [0.05, 0.1) is 18.1 Å². The summed E-state index contributed by atoms with van der Waals surface area (Å²) in [5.74, 6) is 0.384. The number of aromatic nitrogens is 3. The van der Waals surface area contributed by atoms with Crippen LogP contribution in [0.3, 0.4) is 0 Å². The van der Waals surface area contributed by atoms with Gasteiger partial charge in [-0.3, -0.25) is 0 Å². The van der Waals surface area contributed by atoms with E-state index >= 15 is 0 Å². The average Bonchev–Trinajstić information content (AvgIpc) is 2.80. The molecular weight excluding hydrogens is 267 g/mol. The van der Waals surface area contributed by atoms with Crippen molar-refractivity contribution in [3.63, 3.8) is 0 Å². The highest BCUT2D eigenvalue weighted by atomic mass is 35.5. The van der Waals surface area contributed by atoms with Gasteiger partial charge in [0.2, 0.25) is 0 Å². The number of rotatable bonds is 5. The smallest absolute Gasteiger partial charge is 0.142 e. The van der Waals surface area contributed by atoms with E-state index in [1.54, 1.807) is 16.8 Å². The summed E-state index contributed by atoms with van der Waals surface area (Å²) in [6.07, 6.45) is 1.49. The minimum absolute atomic E-state index is 0.140. The first kappa shape index (κ1) is 14.0. The minimum atomic E-state index is -0.416. The lowest BCUT2D eigenvalue weighted by atomic mass is 10.2. The van der Waals surface area contributed by atoms with Gasteiger partial charge in [0.25, 0.3) is 0 Å². The van der Waals surface area contributed by atoms with Crippen molar-refractivity contribution in [3.8, 4) is 0 Å². The molecule has 1 N–H and O–H groups in total. The fourth-order valence-electron chi connectivity index (χ4n) is 1.68. The lowest BCUT2D eigenvalue weighted by Crippen LogP contribution is -2.24. The Labute approximate surface area is 116 Å². The third kappa shape index (κ3) is 3.52. The molecule has 0 aliphatic heterocycles. The van der Waals surface area contributed by atoms with Crippen LogP contribution < -0.4 is 5.32 Å². The third-order valence-electron chi connectivity index (χ3n) is 2.72. The van der Waals surface area contributed by atoms with Gasteiger partial charge in [-0.25, -0.2) is 14.1 Å². The molecule has 0 atom stereocenters. The predicted molar refractivity (Wildman–Crippen MR) is 72.5 cm³/mol. The van der Waals surface area contributed by atoms with E-state index in [1.165, 1.54) is 12.4 Å². The van der Waals surface area contributed by atoms with Gasteiger partial charge in [-0.1, -0.05) is 37.6 Å². The predicted octanol–water partition coefficient (Wildman–Crippen LogP) is 2.62. The van der Waals surface area contributed by atoms with Crippen LogP contribution >= 0.6 is 11.6 Å². The fourth-order valence-corrected chi connectivity index (χ4v) is 1.87. The van der Waals surface area contributed by atoms with E-state index < -0.39 is 5.82 Å². The monoisotopic (exact) mass is 282 g/mol. The van der Waals surface area contributed by atoms with Crippen LogP contribution in [0.15, 0.2) is 24.5 Å². The van der Waals surface area contributed by atoms with Crippen molar-refractivity contribution in [2.24, 2.45) is 0 Å². The van der Waals surface area contributed by atoms with Gasteiger partial charge in [0, 0.05) is 6.04 Å². The highest BCUT2D eigenvalue weighted by Gasteiger charge is 2.10. The van der Waals surface area contributed by atoms with Crippen LogP contribution in [0.2, 0.25) is 5.02 Å². The Hall–Kier alpha value is -1.46. The molecule has 0 aliphatic rings. The molecule has 2 aromatic rings. The van der Waals surface area contributed by atoms with Gasteiger partial charge in [-0.15, -0.1) is 0 Å². The maximum absolute atomic E-state index is 13.4. The second-order valence-corrected chi connectivity index (χ2v) is 4.96. The van der Waals surface area contributed by atoms with Gasteiger partial charge >= 0.3 is 0 Å².